The van der Waals surface area contributed by atoms with Crippen LogP contribution in [0.5, 0.6) is 0 Å². The molecule has 27 heavy (non-hydrogen) atoms. The van der Waals surface area contributed by atoms with Crippen molar-refractivity contribution in [2.24, 2.45) is 0 Å². The zero-order valence-electron chi connectivity index (χ0n) is 13.0. The summed E-state index contributed by atoms with van der Waals surface area (Å²) in [5.74, 6) is -19.6. The quantitative estimate of drug-likeness (QED) is 0.227. The predicted molar refractivity (Wildman–Crippen MR) is 75.9 cm³/mol. The lowest BCUT2D eigenvalue weighted by Gasteiger charge is -2.25. The molecule has 0 spiro atoms. The average Bonchev–Trinajstić information content (AvgIpc) is 2.64. The Morgan fingerprint density at radius 1 is 0.889 bits per heavy atom. The second-order valence-corrected chi connectivity index (χ2v) is 5.15. The minimum absolute atomic E-state index is 0.187. The van der Waals surface area contributed by atoms with E-state index in [-0.39, 0.29) is 6.08 Å². The zero-order chi connectivity index (χ0) is 20.5. The van der Waals surface area contributed by atoms with Crippen molar-refractivity contribution in [1.82, 2.24) is 0 Å². The van der Waals surface area contributed by atoms with Gasteiger partial charge in [-0.15, -0.1) is 0 Å². The zero-order valence-corrected chi connectivity index (χ0v) is 13.0. The van der Waals surface area contributed by atoms with Gasteiger partial charge in [0, 0.05) is 0 Å². The van der Waals surface area contributed by atoms with Crippen LogP contribution in [0.15, 0.2) is 36.9 Å². The van der Waals surface area contributed by atoms with Crippen LogP contribution < -0.4 is 0 Å². The molecule has 0 fully saturated rings. The van der Waals surface area contributed by atoms with Crippen LogP contribution in [0, 0.1) is 34.9 Å². The molecule has 0 N–H and O–H groups in total. The third kappa shape index (κ3) is 3.79. The second kappa shape index (κ2) is 7.37. The highest BCUT2D eigenvalue weighted by Gasteiger charge is 2.46. The van der Waals surface area contributed by atoms with Crippen molar-refractivity contribution in [3.63, 3.8) is 0 Å². The molecule has 0 heterocycles. The van der Waals surface area contributed by atoms with Gasteiger partial charge in [-0.2, -0.15) is 8.78 Å². The minimum atomic E-state index is -4.41. The van der Waals surface area contributed by atoms with Crippen LogP contribution in [0.1, 0.15) is 22.0 Å². The Balaban J connectivity index is 2.59. The molecule has 0 aliphatic rings. The van der Waals surface area contributed by atoms with Gasteiger partial charge in [-0.25, -0.2) is 31.1 Å². The highest BCUT2D eigenvalue weighted by atomic mass is 19.3. The third-order valence-corrected chi connectivity index (χ3v) is 3.43. The van der Waals surface area contributed by atoms with Gasteiger partial charge in [0.25, 0.3) is 0 Å². The summed E-state index contributed by atoms with van der Waals surface area (Å²) < 4.78 is 113. The Hall–Kier alpha value is -2.91. The molecule has 144 valence electrons. The van der Waals surface area contributed by atoms with E-state index in [4.69, 9.17) is 0 Å². The lowest BCUT2D eigenvalue weighted by atomic mass is 10.0. The molecule has 0 bridgehead atoms. The summed E-state index contributed by atoms with van der Waals surface area (Å²) >= 11 is 0. The number of esters is 1. The third-order valence-electron chi connectivity index (χ3n) is 3.43. The average molecular weight is 396 g/mol. The maximum Gasteiger partial charge on any atom is 0.338 e. The molecule has 0 aliphatic carbocycles. The van der Waals surface area contributed by atoms with E-state index in [9.17, 15) is 39.9 Å². The number of rotatable bonds is 5. The summed E-state index contributed by atoms with van der Waals surface area (Å²) in [6, 6.07) is 3.13. The number of carbonyl (C=O) groups excluding carboxylic acids is 1. The maximum atomic E-state index is 14.0. The van der Waals surface area contributed by atoms with Crippen LogP contribution in [-0.4, -0.2) is 11.9 Å². The topological polar surface area (TPSA) is 26.3 Å². The summed E-state index contributed by atoms with van der Waals surface area (Å²) in [5, 5.41) is 0. The van der Waals surface area contributed by atoms with E-state index in [0.717, 1.165) is 24.3 Å². The molecule has 0 aromatic heterocycles. The first-order valence-corrected chi connectivity index (χ1v) is 7.00. The lowest BCUT2D eigenvalue weighted by molar-refractivity contribution is -0.0868. The molecular weight excluding hydrogens is 388 g/mol. The van der Waals surface area contributed by atoms with E-state index in [1.807, 2.05) is 0 Å². The van der Waals surface area contributed by atoms with Gasteiger partial charge in [0.15, 0.2) is 23.3 Å². The summed E-state index contributed by atoms with van der Waals surface area (Å²) in [5.41, 5.74) is -2.56. The normalized spacial score (nSPS) is 12.6. The summed E-state index contributed by atoms with van der Waals surface area (Å²) in [4.78, 5) is 11.9. The van der Waals surface area contributed by atoms with Gasteiger partial charge >= 0.3 is 11.9 Å². The van der Waals surface area contributed by atoms with Crippen LogP contribution in [-0.2, 0) is 4.74 Å². The Labute approximate surface area is 146 Å². The van der Waals surface area contributed by atoms with Gasteiger partial charge in [0.1, 0.15) is 5.82 Å². The van der Waals surface area contributed by atoms with Crippen molar-refractivity contribution >= 4 is 5.97 Å². The Kier molecular flexibility index (Phi) is 5.57. The monoisotopic (exact) mass is 396 g/mol. The van der Waals surface area contributed by atoms with Gasteiger partial charge in [-0.05, 0) is 30.3 Å². The number of ether oxygens (including phenoxy) is 1. The molecule has 0 saturated carbocycles. The fourth-order valence-electron chi connectivity index (χ4n) is 2.05. The molecule has 2 rings (SSSR count). The van der Waals surface area contributed by atoms with Gasteiger partial charge in [-0.1, -0.05) is 6.58 Å². The van der Waals surface area contributed by atoms with Gasteiger partial charge < -0.3 is 4.74 Å². The standard InChI is InChI=1S/C17H8F8O2/c1-2-17(24,25)15(27-16(26)7-3-5-8(18)6-4-7)9-10(19)12(21)14(23)13(22)11(9)20/h2-6,15H,1H2. The smallest absolute Gasteiger partial charge is 0.338 e. The molecule has 0 aliphatic heterocycles. The largest absolute Gasteiger partial charge is 0.447 e. The van der Waals surface area contributed by atoms with Crippen molar-refractivity contribution in [3.8, 4) is 0 Å². The number of benzene rings is 2. The van der Waals surface area contributed by atoms with Crippen molar-refractivity contribution in [2.75, 3.05) is 0 Å². The molecule has 2 aromatic rings. The lowest BCUT2D eigenvalue weighted by Crippen LogP contribution is -2.31. The Morgan fingerprint density at radius 2 is 1.33 bits per heavy atom. The molecule has 1 atom stereocenters. The van der Waals surface area contributed by atoms with E-state index >= 15 is 0 Å². The van der Waals surface area contributed by atoms with Crippen LogP contribution in [0.3, 0.4) is 0 Å². The van der Waals surface area contributed by atoms with E-state index in [0.29, 0.717) is 0 Å². The van der Waals surface area contributed by atoms with Gasteiger partial charge in [0.2, 0.25) is 11.9 Å². The van der Waals surface area contributed by atoms with Crippen LogP contribution in [0.4, 0.5) is 35.1 Å². The fraction of sp³-hybridized carbons (Fsp3) is 0.118. The van der Waals surface area contributed by atoms with E-state index in [1.54, 1.807) is 0 Å². The maximum absolute atomic E-state index is 14.0. The molecule has 10 heteroatoms. The molecule has 0 radical (unpaired) electrons. The molecule has 0 amide bonds. The summed E-state index contributed by atoms with van der Waals surface area (Å²) in [6.45, 7) is 2.69. The molecule has 2 aromatic carbocycles. The molecular formula is C17H8F8O2. The predicted octanol–water partition coefficient (Wildman–Crippen LogP) is 5.24. The number of hydrogen-bond acceptors (Lipinski definition) is 2. The number of halogens is 8. The number of hydrogen-bond donors (Lipinski definition) is 0. The van der Waals surface area contributed by atoms with Crippen LogP contribution in [0.25, 0.3) is 0 Å². The SMILES string of the molecule is C=CC(F)(F)C(OC(=O)c1ccc(F)cc1)c1c(F)c(F)c(F)c(F)c1F. The van der Waals surface area contributed by atoms with Gasteiger partial charge in [0.05, 0.1) is 11.1 Å². The van der Waals surface area contributed by atoms with E-state index < -0.39 is 64.0 Å². The minimum Gasteiger partial charge on any atom is -0.447 e. The van der Waals surface area contributed by atoms with Crippen LogP contribution >= 0.6 is 0 Å². The van der Waals surface area contributed by atoms with Gasteiger partial charge in [-0.3, -0.25) is 0 Å². The van der Waals surface area contributed by atoms with Crippen molar-refractivity contribution in [2.45, 2.75) is 12.0 Å². The van der Waals surface area contributed by atoms with Crippen molar-refractivity contribution in [3.05, 3.63) is 83.0 Å². The first-order valence-electron chi connectivity index (χ1n) is 7.00. The highest BCUT2D eigenvalue weighted by molar-refractivity contribution is 5.89. The first-order chi connectivity index (χ1) is 12.5. The summed E-state index contributed by atoms with van der Waals surface area (Å²) in [7, 11) is 0. The molecule has 0 saturated heterocycles. The summed E-state index contributed by atoms with van der Waals surface area (Å²) in [6.07, 6.45) is -3.41. The fourth-order valence-corrected chi connectivity index (χ4v) is 2.05. The van der Waals surface area contributed by atoms with E-state index in [2.05, 4.69) is 11.3 Å². The first kappa shape index (κ1) is 20.4. The van der Waals surface area contributed by atoms with Crippen molar-refractivity contribution in [1.29, 1.82) is 0 Å². The molecule has 1 unspecified atom stereocenters. The van der Waals surface area contributed by atoms with E-state index in [1.165, 1.54) is 0 Å². The number of alkyl halides is 2. The van der Waals surface area contributed by atoms with Crippen molar-refractivity contribution < 1.29 is 44.7 Å². The molecule has 2 nitrogen and oxygen atoms in total. The highest BCUT2D eigenvalue weighted by Crippen LogP contribution is 2.40. The Bertz CT molecular complexity index is 864. The Morgan fingerprint density at radius 3 is 1.78 bits per heavy atom. The van der Waals surface area contributed by atoms with Crippen LogP contribution in [0.2, 0.25) is 0 Å². The number of carbonyl (C=O) groups is 1. The second-order valence-electron chi connectivity index (χ2n) is 5.15.